The van der Waals surface area contributed by atoms with Crippen molar-refractivity contribution in [3.63, 3.8) is 0 Å². The molecule has 3 N–H and O–H groups in total. The fourth-order valence-electron chi connectivity index (χ4n) is 2.14. The first-order valence-electron chi connectivity index (χ1n) is 6.15. The Bertz CT molecular complexity index is 850. The Labute approximate surface area is 123 Å². The van der Waals surface area contributed by atoms with Crippen LogP contribution in [0, 0.1) is 6.92 Å². The number of carbonyl (C=O) groups excluding carboxylic acids is 1. The highest BCUT2D eigenvalue weighted by Gasteiger charge is 2.20. The summed E-state index contributed by atoms with van der Waals surface area (Å²) in [7, 11) is 0. The number of aryl methyl sites for hydroxylation is 1. The zero-order valence-corrected chi connectivity index (χ0v) is 11.8. The van der Waals surface area contributed by atoms with Gasteiger partial charge in [-0.1, -0.05) is 18.2 Å². The van der Waals surface area contributed by atoms with Gasteiger partial charge in [-0.15, -0.1) is 0 Å². The number of benzene rings is 1. The molecule has 3 aromatic rings. The molecule has 0 aliphatic carbocycles. The van der Waals surface area contributed by atoms with E-state index in [9.17, 15) is 9.59 Å². The van der Waals surface area contributed by atoms with Gasteiger partial charge >= 0.3 is 5.97 Å². The van der Waals surface area contributed by atoms with Gasteiger partial charge in [0, 0.05) is 17.1 Å². The van der Waals surface area contributed by atoms with Crippen LogP contribution in [-0.2, 0) is 0 Å². The van der Waals surface area contributed by atoms with Crippen LogP contribution >= 0.6 is 11.5 Å². The van der Waals surface area contributed by atoms with Gasteiger partial charge in [0.1, 0.15) is 10.6 Å². The van der Waals surface area contributed by atoms with E-state index in [1.165, 1.54) is 0 Å². The van der Waals surface area contributed by atoms with Gasteiger partial charge in [0.15, 0.2) is 0 Å². The molecule has 0 unspecified atom stereocenters. The number of aromatic nitrogens is 2. The number of rotatable bonds is 3. The molecule has 0 saturated carbocycles. The standard InChI is InChI=1S/C14H11N3O3S/c1-7-11(14(19)20)13(21-17-7)16-12(18)9-6-15-10-5-3-2-4-8(9)10/h2-6,15H,1H3,(H,16,18)(H,19,20). The number of aromatic carboxylic acids is 1. The maximum absolute atomic E-state index is 12.3. The van der Waals surface area contributed by atoms with Crippen LogP contribution in [0.2, 0.25) is 0 Å². The second-order valence-corrected chi connectivity index (χ2v) is 5.25. The highest BCUT2D eigenvalue weighted by molar-refractivity contribution is 7.11. The molecule has 6 nitrogen and oxygen atoms in total. The number of amides is 1. The predicted molar refractivity (Wildman–Crippen MR) is 80.1 cm³/mol. The fraction of sp³-hybridized carbons (Fsp3) is 0.0714. The number of carbonyl (C=O) groups is 2. The minimum Gasteiger partial charge on any atom is -0.478 e. The van der Waals surface area contributed by atoms with Gasteiger partial charge in [0.25, 0.3) is 5.91 Å². The highest BCUT2D eigenvalue weighted by atomic mass is 32.1. The van der Waals surface area contributed by atoms with Crippen LogP contribution in [0.25, 0.3) is 10.9 Å². The van der Waals surface area contributed by atoms with Crippen LogP contribution in [-0.4, -0.2) is 26.3 Å². The average Bonchev–Trinajstić information content (AvgIpc) is 3.02. The first-order valence-corrected chi connectivity index (χ1v) is 6.92. The van der Waals surface area contributed by atoms with E-state index < -0.39 is 5.97 Å². The van der Waals surface area contributed by atoms with E-state index in [2.05, 4.69) is 14.7 Å². The van der Waals surface area contributed by atoms with Crippen LogP contribution in [0.4, 0.5) is 5.00 Å². The number of anilines is 1. The molecular formula is C14H11N3O3S. The van der Waals surface area contributed by atoms with Crippen LogP contribution in [0.1, 0.15) is 26.4 Å². The molecule has 0 aliphatic rings. The van der Waals surface area contributed by atoms with Crippen molar-refractivity contribution in [2.45, 2.75) is 6.92 Å². The lowest BCUT2D eigenvalue weighted by Crippen LogP contribution is -2.13. The molecule has 1 amide bonds. The maximum atomic E-state index is 12.3. The summed E-state index contributed by atoms with van der Waals surface area (Å²) in [6.07, 6.45) is 1.61. The lowest BCUT2D eigenvalue weighted by Gasteiger charge is -2.02. The fourth-order valence-corrected chi connectivity index (χ4v) is 2.92. The quantitative estimate of drug-likeness (QED) is 0.693. The third kappa shape index (κ3) is 2.27. The molecular weight excluding hydrogens is 290 g/mol. The van der Waals surface area contributed by atoms with E-state index in [1.807, 2.05) is 24.3 Å². The molecule has 0 spiro atoms. The highest BCUT2D eigenvalue weighted by Crippen LogP contribution is 2.26. The molecule has 7 heteroatoms. The van der Waals surface area contributed by atoms with E-state index in [0.717, 1.165) is 22.4 Å². The minimum atomic E-state index is -1.10. The zero-order chi connectivity index (χ0) is 15.0. The first kappa shape index (κ1) is 13.3. The second-order valence-electron chi connectivity index (χ2n) is 4.48. The van der Waals surface area contributed by atoms with E-state index in [0.29, 0.717) is 11.3 Å². The molecule has 3 rings (SSSR count). The number of nitrogens with zero attached hydrogens (tertiary/aromatic N) is 1. The van der Waals surface area contributed by atoms with Crippen molar-refractivity contribution in [3.05, 3.63) is 47.3 Å². The van der Waals surface area contributed by atoms with Crippen LogP contribution in [0.5, 0.6) is 0 Å². The summed E-state index contributed by atoms with van der Waals surface area (Å²) >= 11 is 0.963. The molecule has 0 aliphatic heterocycles. The van der Waals surface area contributed by atoms with Crippen molar-refractivity contribution in [1.29, 1.82) is 0 Å². The number of carboxylic acid groups (broad SMARTS) is 1. The molecule has 0 saturated heterocycles. The summed E-state index contributed by atoms with van der Waals surface area (Å²) in [4.78, 5) is 26.5. The molecule has 0 bridgehead atoms. The van der Waals surface area contributed by atoms with E-state index >= 15 is 0 Å². The van der Waals surface area contributed by atoms with Gasteiger partial charge in [0.05, 0.1) is 11.3 Å². The number of para-hydroxylation sites is 1. The predicted octanol–water partition coefficient (Wildman–Crippen LogP) is 2.88. The molecule has 21 heavy (non-hydrogen) atoms. The second kappa shape index (κ2) is 5.02. The Balaban J connectivity index is 1.96. The van der Waals surface area contributed by atoms with Crippen LogP contribution < -0.4 is 5.32 Å². The summed E-state index contributed by atoms with van der Waals surface area (Å²) in [5.41, 5.74) is 1.74. The van der Waals surface area contributed by atoms with Gasteiger partial charge in [0.2, 0.25) is 0 Å². The monoisotopic (exact) mass is 301 g/mol. The minimum absolute atomic E-state index is 0.0354. The summed E-state index contributed by atoms with van der Waals surface area (Å²) in [6, 6.07) is 7.41. The van der Waals surface area contributed by atoms with Crippen molar-refractivity contribution in [2.75, 3.05) is 5.32 Å². The summed E-state index contributed by atoms with van der Waals surface area (Å²) < 4.78 is 3.97. The van der Waals surface area contributed by atoms with Crippen molar-refractivity contribution in [2.24, 2.45) is 0 Å². The number of hydrogen-bond donors (Lipinski definition) is 3. The Morgan fingerprint density at radius 3 is 2.86 bits per heavy atom. The van der Waals surface area contributed by atoms with Crippen molar-refractivity contribution in [3.8, 4) is 0 Å². The lowest BCUT2D eigenvalue weighted by molar-refractivity contribution is 0.0697. The molecule has 0 fully saturated rings. The van der Waals surface area contributed by atoms with Gasteiger partial charge in [-0.25, -0.2) is 4.79 Å². The number of fused-ring (bicyclic) bond motifs is 1. The number of hydrogen-bond acceptors (Lipinski definition) is 4. The van der Waals surface area contributed by atoms with Gasteiger partial charge in [-0.05, 0) is 24.5 Å². The normalized spacial score (nSPS) is 10.7. The molecule has 0 atom stereocenters. The summed E-state index contributed by atoms with van der Waals surface area (Å²) in [6.45, 7) is 1.60. The first-order chi connectivity index (χ1) is 10.1. The van der Waals surface area contributed by atoms with Gasteiger partial charge in [-0.3, -0.25) is 4.79 Å². The third-order valence-electron chi connectivity index (χ3n) is 3.14. The summed E-state index contributed by atoms with van der Waals surface area (Å²) in [5.74, 6) is -1.46. The Kier molecular flexibility index (Phi) is 3.19. The largest absolute Gasteiger partial charge is 0.478 e. The number of H-pyrrole nitrogens is 1. The maximum Gasteiger partial charge on any atom is 0.340 e. The smallest absolute Gasteiger partial charge is 0.340 e. The average molecular weight is 301 g/mol. The molecule has 2 aromatic heterocycles. The molecule has 2 heterocycles. The van der Waals surface area contributed by atoms with Gasteiger partial charge < -0.3 is 15.4 Å². The molecule has 1 aromatic carbocycles. The third-order valence-corrected chi connectivity index (χ3v) is 3.99. The van der Waals surface area contributed by atoms with Crippen LogP contribution in [0.15, 0.2) is 30.5 Å². The van der Waals surface area contributed by atoms with E-state index in [-0.39, 0.29) is 16.5 Å². The van der Waals surface area contributed by atoms with Gasteiger partial charge in [-0.2, -0.15) is 4.37 Å². The number of carboxylic acids is 1. The Morgan fingerprint density at radius 2 is 2.10 bits per heavy atom. The molecule has 0 radical (unpaired) electrons. The SMILES string of the molecule is Cc1nsc(NC(=O)c2c[nH]c3ccccc23)c1C(=O)O. The topological polar surface area (TPSA) is 95.1 Å². The van der Waals surface area contributed by atoms with E-state index in [4.69, 9.17) is 5.11 Å². The van der Waals surface area contributed by atoms with Crippen LogP contribution in [0.3, 0.4) is 0 Å². The zero-order valence-electron chi connectivity index (χ0n) is 11.0. The lowest BCUT2D eigenvalue weighted by atomic mass is 10.1. The Morgan fingerprint density at radius 1 is 1.33 bits per heavy atom. The number of aromatic amines is 1. The van der Waals surface area contributed by atoms with E-state index in [1.54, 1.807) is 13.1 Å². The summed E-state index contributed by atoms with van der Waals surface area (Å²) in [5, 5.41) is 12.8. The number of nitrogens with one attached hydrogen (secondary N) is 2. The van der Waals surface area contributed by atoms with Crippen molar-refractivity contribution >= 4 is 39.3 Å². The van der Waals surface area contributed by atoms with Crippen molar-refractivity contribution in [1.82, 2.24) is 9.36 Å². The Hall–Kier alpha value is -2.67. The van der Waals surface area contributed by atoms with Crippen molar-refractivity contribution < 1.29 is 14.7 Å². The molecule has 106 valence electrons.